The molecule has 2 aliphatic rings. The fraction of sp³-hybridized carbons (Fsp3) is 0.333. The summed E-state index contributed by atoms with van der Waals surface area (Å²) in [6.07, 6.45) is 9.72. The van der Waals surface area contributed by atoms with Crippen LogP contribution in [0.15, 0.2) is 61.6 Å². The Hall–Kier alpha value is -4.08. The summed E-state index contributed by atoms with van der Waals surface area (Å²) in [6.45, 7) is 8.77. The molecule has 2 fully saturated rings. The number of nitrogens with one attached hydrogen (secondary N) is 2. The number of rotatable bonds is 7. The van der Waals surface area contributed by atoms with Gasteiger partial charge in [-0.05, 0) is 80.2 Å². The van der Waals surface area contributed by atoms with Crippen LogP contribution in [0.5, 0.6) is 0 Å². The Bertz CT molecular complexity index is 1480. The number of carbonyl (C=O) groups excluding carboxylic acids is 1. The lowest BCUT2D eigenvalue weighted by atomic mass is 10.0. The number of nitrogens with zero attached hydrogens (tertiary/aromatic N) is 5. The van der Waals surface area contributed by atoms with Crippen molar-refractivity contribution in [3.63, 3.8) is 0 Å². The number of carbonyl (C=O) groups is 1. The lowest BCUT2D eigenvalue weighted by Crippen LogP contribution is -2.39. The van der Waals surface area contributed by atoms with Crippen LogP contribution in [0.4, 0.5) is 5.69 Å². The summed E-state index contributed by atoms with van der Waals surface area (Å²) in [5.41, 5.74) is 12.9. The van der Waals surface area contributed by atoms with Crippen LogP contribution in [0.3, 0.4) is 0 Å². The van der Waals surface area contributed by atoms with Crippen molar-refractivity contribution in [3.05, 3.63) is 78.5 Å². The van der Waals surface area contributed by atoms with E-state index >= 15 is 0 Å². The van der Waals surface area contributed by atoms with E-state index in [-0.39, 0.29) is 5.91 Å². The predicted octanol–water partition coefficient (Wildman–Crippen LogP) is 4.26. The number of hydrogen-bond acceptors (Lipinski definition) is 7. The molecule has 6 rings (SSSR count). The summed E-state index contributed by atoms with van der Waals surface area (Å²) in [4.78, 5) is 25.8. The normalized spacial score (nSPS) is 16.6. The first kappa shape index (κ1) is 25.2. The molecule has 0 radical (unpaired) electrons. The van der Waals surface area contributed by atoms with Gasteiger partial charge in [0.05, 0.1) is 23.1 Å². The summed E-state index contributed by atoms with van der Waals surface area (Å²) in [5, 5.41) is 11.9. The lowest BCUT2D eigenvalue weighted by Gasteiger charge is -2.30. The number of aromatic nitrogens is 4. The molecule has 9 nitrogen and oxygen atoms in total. The van der Waals surface area contributed by atoms with E-state index in [0.29, 0.717) is 17.4 Å². The van der Waals surface area contributed by atoms with Gasteiger partial charge in [-0.1, -0.05) is 12.6 Å². The zero-order valence-electron chi connectivity index (χ0n) is 22.1. The minimum absolute atomic E-state index is 0.0117. The van der Waals surface area contributed by atoms with Gasteiger partial charge in [0.2, 0.25) is 0 Å². The van der Waals surface area contributed by atoms with E-state index < -0.39 is 0 Å². The largest absolute Gasteiger partial charge is 0.353 e. The molecule has 39 heavy (non-hydrogen) atoms. The zero-order chi connectivity index (χ0) is 26.8. The molecule has 0 spiro atoms. The van der Waals surface area contributed by atoms with Crippen LogP contribution in [0, 0.1) is 0 Å². The van der Waals surface area contributed by atoms with Gasteiger partial charge in [0, 0.05) is 49.0 Å². The van der Waals surface area contributed by atoms with Crippen LogP contribution in [-0.2, 0) is 6.54 Å². The maximum Gasteiger partial charge on any atom is 0.272 e. The molecule has 4 aromatic rings. The van der Waals surface area contributed by atoms with Crippen molar-refractivity contribution in [2.75, 3.05) is 31.5 Å². The van der Waals surface area contributed by atoms with E-state index in [9.17, 15) is 4.79 Å². The Balaban J connectivity index is 1.17. The molecule has 0 unspecified atom stereocenters. The van der Waals surface area contributed by atoms with Gasteiger partial charge in [0.1, 0.15) is 11.4 Å². The molecular formula is C30H34N8O. The van der Waals surface area contributed by atoms with Gasteiger partial charge in [-0.2, -0.15) is 5.10 Å². The maximum atomic E-state index is 12.6. The number of hydrogen-bond donors (Lipinski definition) is 3. The number of aromatic amines is 1. The number of benzene rings is 1. The van der Waals surface area contributed by atoms with Crippen molar-refractivity contribution in [1.29, 1.82) is 0 Å². The van der Waals surface area contributed by atoms with Gasteiger partial charge in [-0.25, -0.2) is 4.98 Å². The number of piperidine rings is 1. The minimum atomic E-state index is -0.0117. The Morgan fingerprint density at radius 3 is 2.62 bits per heavy atom. The third-order valence-electron chi connectivity index (χ3n) is 7.69. The van der Waals surface area contributed by atoms with E-state index in [1.165, 1.54) is 5.56 Å². The van der Waals surface area contributed by atoms with E-state index in [2.05, 4.69) is 55.2 Å². The Morgan fingerprint density at radius 1 is 1.03 bits per heavy atom. The first-order valence-electron chi connectivity index (χ1n) is 13.7. The quantitative estimate of drug-likeness (QED) is 0.332. The summed E-state index contributed by atoms with van der Waals surface area (Å²) in [6, 6.07) is 12.4. The smallest absolute Gasteiger partial charge is 0.272 e. The molecular weight excluding hydrogens is 488 g/mol. The topological polar surface area (TPSA) is 116 Å². The molecule has 1 amide bonds. The molecule has 9 heteroatoms. The van der Waals surface area contributed by atoms with Gasteiger partial charge < -0.3 is 16.0 Å². The van der Waals surface area contributed by atoms with Gasteiger partial charge in [-0.15, -0.1) is 0 Å². The van der Waals surface area contributed by atoms with E-state index in [4.69, 9.17) is 5.73 Å². The Labute approximate surface area is 228 Å². The van der Waals surface area contributed by atoms with Crippen LogP contribution in [0.1, 0.15) is 47.4 Å². The summed E-state index contributed by atoms with van der Waals surface area (Å²) in [5.74, 6) is -0.0117. The number of anilines is 1. The van der Waals surface area contributed by atoms with Gasteiger partial charge in [0.25, 0.3) is 5.91 Å². The zero-order valence-corrected chi connectivity index (χ0v) is 22.1. The standard InChI is InChI=1S/C30H34N8O/c1-20(34-25-5-7-28(33-18-25)30(39)38-10-2-3-11-38)29-26-15-22(4-6-27(26)35-36-29)23-14-21(16-32-17-23)19-37-12-8-24(31)9-13-37/h4-7,14-18,24,34H,1-3,8-13,19,31H2,(H,35,36). The summed E-state index contributed by atoms with van der Waals surface area (Å²) in [7, 11) is 0. The van der Waals surface area contributed by atoms with E-state index in [0.717, 1.165) is 91.8 Å². The molecule has 200 valence electrons. The fourth-order valence-electron chi connectivity index (χ4n) is 5.43. The second kappa shape index (κ2) is 11.0. The maximum absolute atomic E-state index is 12.6. The first-order chi connectivity index (χ1) is 19.0. The average molecular weight is 523 g/mol. The number of pyridine rings is 2. The van der Waals surface area contributed by atoms with Crippen molar-refractivity contribution < 1.29 is 4.79 Å². The second-order valence-electron chi connectivity index (χ2n) is 10.6. The fourth-order valence-corrected chi connectivity index (χ4v) is 5.43. The van der Waals surface area contributed by atoms with Crippen molar-refractivity contribution in [1.82, 2.24) is 30.0 Å². The molecule has 2 aliphatic heterocycles. The molecule has 4 N–H and O–H groups in total. The highest BCUT2D eigenvalue weighted by Gasteiger charge is 2.21. The Morgan fingerprint density at radius 2 is 1.85 bits per heavy atom. The van der Waals surface area contributed by atoms with Gasteiger partial charge in [0.15, 0.2) is 0 Å². The number of fused-ring (bicyclic) bond motifs is 1. The number of amides is 1. The van der Waals surface area contributed by atoms with Crippen LogP contribution in [0.25, 0.3) is 27.7 Å². The molecule has 0 bridgehead atoms. The molecule has 0 aliphatic carbocycles. The van der Waals surface area contributed by atoms with Crippen molar-refractivity contribution in [2.24, 2.45) is 5.73 Å². The summed E-state index contributed by atoms with van der Waals surface area (Å²) < 4.78 is 0. The highest BCUT2D eigenvalue weighted by Crippen LogP contribution is 2.29. The predicted molar refractivity (Wildman–Crippen MR) is 154 cm³/mol. The van der Waals surface area contributed by atoms with E-state index in [1.807, 2.05) is 29.4 Å². The first-order valence-corrected chi connectivity index (χ1v) is 13.7. The molecule has 2 saturated heterocycles. The highest BCUT2D eigenvalue weighted by atomic mass is 16.2. The minimum Gasteiger partial charge on any atom is -0.353 e. The van der Waals surface area contributed by atoms with Gasteiger partial charge >= 0.3 is 0 Å². The monoisotopic (exact) mass is 522 g/mol. The molecule has 3 aromatic heterocycles. The molecule has 0 atom stereocenters. The van der Waals surface area contributed by atoms with Crippen LogP contribution in [-0.4, -0.2) is 68.1 Å². The van der Waals surface area contributed by atoms with Crippen LogP contribution in [0.2, 0.25) is 0 Å². The van der Waals surface area contributed by atoms with Gasteiger partial charge in [-0.3, -0.25) is 19.8 Å². The number of nitrogens with two attached hydrogens (primary N) is 1. The van der Waals surface area contributed by atoms with Crippen molar-refractivity contribution >= 4 is 28.2 Å². The lowest BCUT2D eigenvalue weighted by molar-refractivity contribution is 0.0787. The molecule has 0 saturated carbocycles. The van der Waals surface area contributed by atoms with Crippen molar-refractivity contribution in [2.45, 2.75) is 38.3 Å². The summed E-state index contributed by atoms with van der Waals surface area (Å²) >= 11 is 0. The van der Waals surface area contributed by atoms with E-state index in [1.54, 1.807) is 12.3 Å². The van der Waals surface area contributed by atoms with Crippen molar-refractivity contribution in [3.8, 4) is 11.1 Å². The Kier molecular flexibility index (Phi) is 7.08. The third kappa shape index (κ3) is 5.55. The number of H-pyrrole nitrogens is 1. The van der Waals surface area contributed by atoms with Crippen LogP contribution < -0.4 is 11.1 Å². The van der Waals surface area contributed by atoms with Crippen LogP contribution >= 0.6 is 0 Å². The highest BCUT2D eigenvalue weighted by molar-refractivity contribution is 5.95. The number of likely N-dealkylation sites (tertiary alicyclic amines) is 2. The average Bonchev–Trinajstić information content (AvgIpc) is 3.65. The third-order valence-corrected chi connectivity index (χ3v) is 7.69. The molecule has 1 aromatic carbocycles. The molecule has 5 heterocycles. The second-order valence-corrected chi connectivity index (χ2v) is 10.6. The SMILES string of the molecule is C=C(Nc1ccc(C(=O)N2CCCC2)nc1)c1n[nH]c2ccc(-c3cncc(CN4CCC(N)CC4)c3)cc12.